The number of nitrogens with one attached hydrogen (secondary N) is 3. The SMILES string of the molecule is NC(=O)C1=CC=C2NCNCC2N1. The van der Waals surface area contributed by atoms with Crippen LogP contribution in [0.5, 0.6) is 0 Å². The molecule has 13 heavy (non-hydrogen) atoms. The molecule has 2 aliphatic heterocycles. The number of carbonyl (C=O) groups excluding carboxylic acids is 1. The summed E-state index contributed by atoms with van der Waals surface area (Å²) in [7, 11) is 0. The second kappa shape index (κ2) is 3.10. The second-order valence-corrected chi connectivity index (χ2v) is 3.07. The minimum Gasteiger partial charge on any atom is -0.374 e. The van der Waals surface area contributed by atoms with E-state index in [0.717, 1.165) is 18.9 Å². The van der Waals surface area contributed by atoms with E-state index in [1.54, 1.807) is 6.08 Å². The van der Waals surface area contributed by atoms with Crippen LogP contribution in [0.4, 0.5) is 0 Å². The highest BCUT2D eigenvalue weighted by molar-refractivity contribution is 5.92. The minimum absolute atomic E-state index is 0.140. The lowest BCUT2D eigenvalue weighted by Gasteiger charge is -2.31. The molecule has 1 unspecified atom stereocenters. The maximum absolute atomic E-state index is 10.9. The van der Waals surface area contributed by atoms with Gasteiger partial charge in [-0.15, -0.1) is 0 Å². The highest BCUT2D eigenvalue weighted by atomic mass is 16.1. The van der Waals surface area contributed by atoms with E-state index in [9.17, 15) is 4.79 Å². The largest absolute Gasteiger partial charge is 0.374 e. The Balaban J connectivity index is 2.18. The first-order chi connectivity index (χ1) is 6.27. The van der Waals surface area contributed by atoms with Gasteiger partial charge in [-0.3, -0.25) is 10.1 Å². The topological polar surface area (TPSA) is 79.2 Å². The second-order valence-electron chi connectivity index (χ2n) is 3.07. The van der Waals surface area contributed by atoms with Crippen LogP contribution < -0.4 is 21.7 Å². The zero-order valence-corrected chi connectivity index (χ0v) is 7.13. The van der Waals surface area contributed by atoms with Gasteiger partial charge in [0.25, 0.3) is 5.91 Å². The molecule has 0 aromatic rings. The van der Waals surface area contributed by atoms with Crippen molar-refractivity contribution < 1.29 is 4.79 Å². The van der Waals surface area contributed by atoms with Gasteiger partial charge in [0.1, 0.15) is 5.70 Å². The number of amides is 1. The summed E-state index contributed by atoms with van der Waals surface area (Å²) in [5.41, 5.74) is 6.72. The van der Waals surface area contributed by atoms with Crippen LogP contribution in [0, 0.1) is 0 Å². The molecule has 1 saturated heterocycles. The predicted octanol–water partition coefficient (Wildman–Crippen LogP) is -1.64. The molecule has 1 atom stereocenters. The van der Waals surface area contributed by atoms with E-state index in [2.05, 4.69) is 16.0 Å². The quantitative estimate of drug-likeness (QED) is 0.390. The summed E-state index contributed by atoms with van der Waals surface area (Å²) < 4.78 is 0. The number of nitrogens with two attached hydrogens (primary N) is 1. The summed E-state index contributed by atoms with van der Waals surface area (Å²) >= 11 is 0. The van der Waals surface area contributed by atoms with Gasteiger partial charge in [0.15, 0.2) is 0 Å². The number of fused-ring (bicyclic) bond motifs is 1. The van der Waals surface area contributed by atoms with Gasteiger partial charge in [0.05, 0.1) is 12.7 Å². The Hall–Kier alpha value is -1.49. The molecule has 2 rings (SSSR count). The number of rotatable bonds is 1. The fourth-order valence-corrected chi connectivity index (χ4v) is 1.48. The van der Waals surface area contributed by atoms with Crippen molar-refractivity contribution in [1.29, 1.82) is 0 Å². The van der Waals surface area contributed by atoms with Crippen LogP contribution in [0.25, 0.3) is 0 Å². The molecule has 5 N–H and O–H groups in total. The number of allylic oxidation sites excluding steroid dienone is 2. The third kappa shape index (κ3) is 1.50. The van der Waals surface area contributed by atoms with Gasteiger partial charge >= 0.3 is 0 Å². The lowest BCUT2D eigenvalue weighted by atomic mass is 10.1. The third-order valence-corrected chi connectivity index (χ3v) is 2.17. The first-order valence-electron chi connectivity index (χ1n) is 4.20. The Morgan fingerprint density at radius 3 is 3.15 bits per heavy atom. The van der Waals surface area contributed by atoms with Gasteiger partial charge in [0, 0.05) is 12.2 Å². The molecule has 0 bridgehead atoms. The number of dihydropyridines is 1. The highest BCUT2D eigenvalue weighted by Crippen LogP contribution is 2.09. The summed E-state index contributed by atoms with van der Waals surface area (Å²) in [6.07, 6.45) is 3.59. The van der Waals surface area contributed by atoms with Crippen LogP contribution in [-0.4, -0.2) is 25.2 Å². The molecule has 1 amide bonds. The van der Waals surface area contributed by atoms with E-state index in [4.69, 9.17) is 5.73 Å². The van der Waals surface area contributed by atoms with E-state index in [1.807, 2.05) is 6.08 Å². The average molecular weight is 180 g/mol. The molecule has 1 fully saturated rings. The lowest BCUT2D eigenvalue weighted by Crippen LogP contribution is -2.53. The average Bonchev–Trinajstić information content (AvgIpc) is 2.17. The molecular formula is C8H12N4O. The van der Waals surface area contributed by atoms with Crippen molar-refractivity contribution in [3.8, 4) is 0 Å². The first kappa shape index (κ1) is 8.12. The summed E-state index contributed by atoms with van der Waals surface area (Å²) in [6, 6.07) is 0.140. The Labute approximate surface area is 76.1 Å². The van der Waals surface area contributed by atoms with Gasteiger partial charge in [-0.05, 0) is 12.2 Å². The number of carbonyl (C=O) groups is 1. The molecule has 0 radical (unpaired) electrons. The molecule has 2 heterocycles. The van der Waals surface area contributed by atoms with Crippen LogP contribution in [0.2, 0.25) is 0 Å². The molecular weight excluding hydrogens is 168 g/mol. The van der Waals surface area contributed by atoms with Gasteiger partial charge in [-0.2, -0.15) is 0 Å². The Morgan fingerprint density at radius 2 is 2.38 bits per heavy atom. The van der Waals surface area contributed by atoms with Crippen LogP contribution in [0.15, 0.2) is 23.5 Å². The molecule has 0 spiro atoms. The maximum Gasteiger partial charge on any atom is 0.264 e. The Morgan fingerprint density at radius 1 is 1.54 bits per heavy atom. The molecule has 2 aliphatic rings. The van der Waals surface area contributed by atoms with Crippen molar-refractivity contribution >= 4 is 5.91 Å². The van der Waals surface area contributed by atoms with Crippen molar-refractivity contribution in [2.24, 2.45) is 5.73 Å². The number of hydrogen-bond acceptors (Lipinski definition) is 4. The monoisotopic (exact) mass is 180 g/mol. The molecule has 0 aromatic heterocycles. The first-order valence-corrected chi connectivity index (χ1v) is 4.20. The van der Waals surface area contributed by atoms with Crippen LogP contribution in [0.1, 0.15) is 0 Å². The zero-order chi connectivity index (χ0) is 9.26. The van der Waals surface area contributed by atoms with E-state index in [-0.39, 0.29) is 6.04 Å². The van der Waals surface area contributed by atoms with E-state index < -0.39 is 5.91 Å². The van der Waals surface area contributed by atoms with Crippen molar-refractivity contribution in [3.05, 3.63) is 23.5 Å². The normalized spacial score (nSPS) is 26.0. The van der Waals surface area contributed by atoms with Crippen molar-refractivity contribution in [3.63, 3.8) is 0 Å². The predicted molar refractivity (Wildman–Crippen MR) is 48.3 cm³/mol. The summed E-state index contributed by atoms with van der Waals surface area (Å²) in [4.78, 5) is 10.9. The lowest BCUT2D eigenvalue weighted by molar-refractivity contribution is -0.115. The Kier molecular flexibility index (Phi) is 1.94. The fourth-order valence-electron chi connectivity index (χ4n) is 1.48. The van der Waals surface area contributed by atoms with E-state index in [1.165, 1.54) is 0 Å². The number of primary amides is 1. The molecule has 0 saturated carbocycles. The summed E-state index contributed by atoms with van der Waals surface area (Å²) in [5.74, 6) is -0.416. The summed E-state index contributed by atoms with van der Waals surface area (Å²) in [6.45, 7) is 1.58. The smallest absolute Gasteiger partial charge is 0.264 e. The minimum atomic E-state index is -0.416. The highest BCUT2D eigenvalue weighted by Gasteiger charge is 2.22. The van der Waals surface area contributed by atoms with Gasteiger partial charge < -0.3 is 16.4 Å². The molecule has 0 aliphatic carbocycles. The Bertz CT molecular complexity index is 295. The molecule has 70 valence electrons. The van der Waals surface area contributed by atoms with Crippen LogP contribution >= 0.6 is 0 Å². The molecule has 5 nitrogen and oxygen atoms in total. The fraction of sp³-hybridized carbons (Fsp3) is 0.375. The van der Waals surface area contributed by atoms with Crippen LogP contribution in [0.3, 0.4) is 0 Å². The third-order valence-electron chi connectivity index (χ3n) is 2.17. The van der Waals surface area contributed by atoms with Crippen molar-refractivity contribution in [2.75, 3.05) is 13.2 Å². The van der Waals surface area contributed by atoms with Gasteiger partial charge in [-0.25, -0.2) is 0 Å². The van der Waals surface area contributed by atoms with E-state index in [0.29, 0.717) is 5.70 Å². The summed E-state index contributed by atoms with van der Waals surface area (Å²) in [5, 5.41) is 9.37. The van der Waals surface area contributed by atoms with Crippen LogP contribution in [-0.2, 0) is 4.79 Å². The van der Waals surface area contributed by atoms with Crippen molar-refractivity contribution in [2.45, 2.75) is 6.04 Å². The molecule has 0 aromatic carbocycles. The number of hydrogen-bond donors (Lipinski definition) is 4. The van der Waals surface area contributed by atoms with E-state index >= 15 is 0 Å². The van der Waals surface area contributed by atoms with Gasteiger partial charge in [-0.1, -0.05) is 0 Å². The standard InChI is InChI=1S/C8H12N4O/c9-8(13)6-2-1-5-7(12-6)3-10-4-11-5/h1-2,7,10-12H,3-4H2,(H2,9,13). The van der Waals surface area contributed by atoms with Crippen molar-refractivity contribution in [1.82, 2.24) is 16.0 Å². The van der Waals surface area contributed by atoms with Gasteiger partial charge in [0.2, 0.25) is 0 Å². The molecule has 5 heteroatoms. The zero-order valence-electron chi connectivity index (χ0n) is 7.13. The maximum atomic E-state index is 10.9.